The van der Waals surface area contributed by atoms with Gasteiger partial charge in [0.1, 0.15) is 11.3 Å². The maximum absolute atomic E-state index is 13.3. The van der Waals surface area contributed by atoms with E-state index >= 15 is 0 Å². The summed E-state index contributed by atoms with van der Waals surface area (Å²) in [6.07, 6.45) is 0.206. The van der Waals surface area contributed by atoms with E-state index in [-0.39, 0.29) is 18.1 Å². The fourth-order valence-electron chi connectivity index (χ4n) is 3.76. The molecule has 1 heterocycles. The van der Waals surface area contributed by atoms with E-state index in [1.54, 1.807) is 51.1 Å². The number of aliphatic carboxylic acids is 1. The quantitative estimate of drug-likeness (QED) is 0.507. The number of halogens is 1. The number of amides is 1. The number of hydrogen-bond donors (Lipinski definition) is 3. The molecule has 7 nitrogen and oxygen atoms in total. The fraction of sp³-hybridized carbons (Fsp3) is 0.292. The predicted octanol–water partition coefficient (Wildman–Crippen LogP) is 4.47. The van der Waals surface area contributed by atoms with Gasteiger partial charge in [-0.2, -0.15) is 0 Å². The van der Waals surface area contributed by atoms with Crippen LogP contribution < -0.4 is 5.32 Å². The SMILES string of the molecule is CCC(C)(NC(=O)[C@@H](C)c1c(C)n(C(=O)c2ccc(Cl)cc2)c2ccc(O)cc12)C(=O)O. The average Bonchev–Trinajstić information content (AvgIpc) is 3.03. The molecule has 2 atom stereocenters. The molecular weight excluding hydrogens is 432 g/mol. The highest BCUT2D eigenvalue weighted by molar-refractivity contribution is 6.30. The lowest BCUT2D eigenvalue weighted by Gasteiger charge is -2.26. The lowest BCUT2D eigenvalue weighted by molar-refractivity contribution is -0.147. The smallest absolute Gasteiger partial charge is 0.329 e. The summed E-state index contributed by atoms with van der Waals surface area (Å²) in [5.74, 6) is -2.70. The number of aromatic hydroxyl groups is 1. The molecule has 1 unspecified atom stereocenters. The number of rotatable bonds is 6. The Morgan fingerprint density at radius 3 is 2.34 bits per heavy atom. The molecule has 0 radical (unpaired) electrons. The molecule has 3 rings (SSSR count). The van der Waals surface area contributed by atoms with Crippen molar-refractivity contribution in [3.8, 4) is 5.75 Å². The number of hydrogen-bond acceptors (Lipinski definition) is 4. The first-order chi connectivity index (χ1) is 15.0. The van der Waals surface area contributed by atoms with Crippen LogP contribution >= 0.6 is 11.6 Å². The van der Waals surface area contributed by atoms with E-state index in [0.29, 0.717) is 32.7 Å². The topological polar surface area (TPSA) is 109 Å². The van der Waals surface area contributed by atoms with Crippen molar-refractivity contribution in [3.05, 3.63) is 64.3 Å². The zero-order valence-electron chi connectivity index (χ0n) is 18.3. The Morgan fingerprint density at radius 1 is 1.16 bits per heavy atom. The number of benzene rings is 2. The zero-order chi connectivity index (χ0) is 23.8. The summed E-state index contributed by atoms with van der Waals surface area (Å²) in [6.45, 7) is 6.50. The third-order valence-corrected chi connectivity index (χ3v) is 6.19. The largest absolute Gasteiger partial charge is 0.508 e. The van der Waals surface area contributed by atoms with Crippen molar-refractivity contribution in [2.24, 2.45) is 0 Å². The zero-order valence-corrected chi connectivity index (χ0v) is 19.0. The minimum atomic E-state index is -1.42. The van der Waals surface area contributed by atoms with Gasteiger partial charge in [0, 0.05) is 21.7 Å². The number of carbonyl (C=O) groups is 3. The van der Waals surface area contributed by atoms with Crippen molar-refractivity contribution in [3.63, 3.8) is 0 Å². The normalized spacial score (nSPS) is 14.0. The Labute approximate surface area is 190 Å². The summed E-state index contributed by atoms with van der Waals surface area (Å²) in [5, 5.41) is 23.2. The molecule has 2 aromatic carbocycles. The van der Waals surface area contributed by atoms with Gasteiger partial charge in [-0.3, -0.25) is 14.2 Å². The lowest BCUT2D eigenvalue weighted by atomic mass is 9.93. The van der Waals surface area contributed by atoms with Crippen LogP contribution in [0.25, 0.3) is 10.9 Å². The van der Waals surface area contributed by atoms with Crippen molar-refractivity contribution in [2.75, 3.05) is 0 Å². The molecule has 0 aliphatic heterocycles. The Morgan fingerprint density at radius 2 is 1.78 bits per heavy atom. The van der Waals surface area contributed by atoms with Gasteiger partial charge in [-0.05, 0) is 75.2 Å². The van der Waals surface area contributed by atoms with E-state index in [2.05, 4.69) is 5.32 Å². The fourth-order valence-corrected chi connectivity index (χ4v) is 3.89. The molecule has 1 aromatic heterocycles. The van der Waals surface area contributed by atoms with Gasteiger partial charge in [-0.25, -0.2) is 4.79 Å². The van der Waals surface area contributed by atoms with Crippen LogP contribution in [-0.4, -0.2) is 38.1 Å². The van der Waals surface area contributed by atoms with Crippen molar-refractivity contribution >= 4 is 40.3 Å². The molecule has 0 saturated carbocycles. The summed E-state index contributed by atoms with van der Waals surface area (Å²) in [7, 11) is 0. The van der Waals surface area contributed by atoms with Crippen LogP contribution in [0.1, 0.15) is 54.7 Å². The molecular formula is C24H25ClN2O5. The molecule has 32 heavy (non-hydrogen) atoms. The molecule has 0 saturated heterocycles. The summed E-state index contributed by atoms with van der Waals surface area (Å²) in [4.78, 5) is 38.0. The third-order valence-electron chi connectivity index (χ3n) is 5.94. The monoisotopic (exact) mass is 456 g/mol. The standard InChI is InChI=1S/C24H25ClN2O5/c1-5-24(4,23(31)32)26-21(29)13(2)20-14(3)27(19-11-10-17(28)12-18(19)20)22(30)15-6-8-16(25)9-7-15/h6-13,28H,5H2,1-4H3,(H,26,29)(H,31,32)/t13-,24?/m0/s1. The number of phenols is 1. The number of nitrogens with one attached hydrogen (secondary N) is 1. The van der Waals surface area contributed by atoms with Gasteiger partial charge >= 0.3 is 5.97 Å². The van der Waals surface area contributed by atoms with Crippen LogP contribution in [0.4, 0.5) is 0 Å². The number of phenolic OH excluding ortho intramolecular Hbond substituents is 1. The van der Waals surface area contributed by atoms with E-state index in [4.69, 9.17) is 11.6 Å². The molecule has 168 valence electrons. The molecule has 0 bridgehead atoms. The van der Waals surface area contributed by atoms with E-state index in [1.165, 1.54) is 23.6 Å². The van der Waals surface area contributed by atoms with Gasteiger partial charge in [0.25, 0.3) is 5.91 Å². The van der Waals surface area contributed by atoms with Crippen molar-refractivity contribution in [1.29, 1.82) is 0 Å². The third kappa shape index (κ3) is 4.08. The highest BCUT2D eigenvalue weighted by Gasteiger charge is 2.35. The Bertz CT molecular complexity index is 1220. The van der Waals surface area contributed by atoms with E-state index in [9.17, 15) is 24.6 Å². The van der Waals surface area contributed by atoms with Gasteiger partial charge < -0.3 is 15.5 Å². The minimum Gasteiger partial charge on any atom is -0.508 e. The minimum absolute atomic E-state index is 0.00798. The van der Waals surface area contributed by atoms with E-state index < -0.39 is 23.3 Å². The van der Waals surface area contributed by atoms with Crippen LogP contribution in [0, 0.1) is 6.92 Å². The van der Waals surface area contributed by atoms with Crippen molar-refractivity contribution < 1.29 is 24.6 Å². The lowest BCUT2D eigenvalue weighted by Crippen LogP contribution is -2.52. The maximum atomic E-state index is 13.3. The maximum Gasteiger partial charge on any atom is 0.329 e. The Kier molecular flexibility index (Phi) is 6.32. The second kappa shape index (κ2) is 8.67. The molecule has 8 heteroatoms. The van der Waals surface area contributed by atoms with Gasteiger partial charge in [0.2, 0.25) is 5.91 Å². The number of carbonyl (C=O) groups excluding carboxylic acids is 2. The molecule has 3 N–H and O–H groups in total. The number of fused-ring (bicyclic) bond motifs is 1. The molecule has 0 fully saturated rings. The molecule has 0 spiro atoms. The summed E-state index contributed by atoms with van der Waals surface area (Å²) < 4.78 is 1.49. The van der Waals surface area contributed by atoms with E-state index in [0.717, 1.165) is 0 Å². The first-order valence-electron chi connectivity index (χ1n) is 10.2. The molecule has 3 aromatic rings. The second-order valence-electron chi connectivity index (χ2n) is 8.05. The first kappa shape index (κ1) is 23.3. The highest BCUT2D eigenvalue weighted by Crippen LogP contribution is 2.35. The molecule has 0 aliphatic carbocycles. The average molecular weight is 457 g/mol. The Balaban J connectivity index is 2.13. The number of carboxylic acid groups (broad SMARTS) is 1. The van der Waals surface area contributed by atoms with Crippen LogP contribution in [-0.2, 0) is 9.59 Å². The molecule has 1 amide bonds. The van der Waals surface area contributed by atoms with Crippen molar-refractivity contribution in [2.45, 2.75) is 45.6 Å². The summed E-state index contributed by atoms with van der Waals surface area (Å²) in [5.41, 5.74) is 0.599. The summed E-state index contributed by atoms with van der Waals surface area (Å²) in [6, 6.07) is 11.1. The summed E-state index contributed by atoms with van der Waals surface area (Å²) >= 11 is 5.94. The van der Waals surface area contributed by atoms with Crippen LogP contribution in [0.5, 0.6) is 5.75 Å². The highest BCUT2D eigenvalue weighted by atomic mass is 35.5. The van der Waals surface area contributed by atoms with Gasteiger partial charge in [-0.1, -0.05) is 18.5 Å². The van der Waals surface area contributed by atoms with Crippen LogP contribution in [0.2, 0.25) is 5.02 Å². The van der Waals surface area contributed by atoms with Crippen molar-refractivity contribution in [1.82, 2.24) is 9.88 Å². The number of aromatic nitrogens is 1. The first-order valence-corrected chi connectivity index (χ1v) is 10.6. The predicted molar refractivity (Wildman–Crippen MR) is 122 cm³/mol. The van der Waals surface area contributed by atoms with Gasteiger partial charge in [0.15, 0.2) is 0 Å². The van der Waals surface area contributed by atoms with Crippen LogP contribution in [0.15, 0.2) is 42.5 Å². The van der Waals surface area contributed by atoms with Crippen LogP contribution in [0.3, 0.4) is 0 Å². The van der Waals surface area contributed by atoms with Gasteiger partial charge in [-0.15, -0.1) is 0 Å². The number of carboxylic acids is 1. The molecule has 0 aliphatic rings. The second-order valence-corrected chi connectivity index (χ2v) is 8.49. The Hall–Kier alpha value is -3.32. The van der Waals surface area contributed by atoms with E-state index in [1.807, 2.05) is 0 Å². The number of nitrogens with zero attached hydrogens (tertiary/aromatic N) is 1. The van der Waals surface area contributed by atoms with Gasteiger partial charge in [0.05, 0.1) is 11.4 Å².